The van der Waals surface area contributed by atoms with Gasteiger partial charge in [0.1, 0.15) is 17.2 Å². The number of nitrogens with one attached hydrogen (secondary N) is 1. The van der Waals surface area contributed by atoms with Gasteiger partial charge in [-0.25, -0.2) is 8.42 Å². The summed E-state index contributed by atoms with van der Waals surface area (Å²) in [5.41, 5.74) is 1.30. The molecule has 1 aromatic heterocycles. The zero-order valence-corrected chi connectivity index (χ0v) is 18.1. The van der Waals surface area contributed by atoms with Gasteiger partial charge in [0.2, 0.25) is 15.9 Å². The van der Waals surface area contributed by atoms with Gasteiger partial charge in [0.25, 0.3) is 0 Å². The third-order valence-corrected chi connectivity index (χ3v) is 6.41. The Morgan fingerprint density at radius 1 is 1.10 bits per heavy atom. The summed E-state index contributed by atoms with van der Waals surface area (Å²) in [7, 11) is -4.09. The lowest BCUT2D eigenvalue weighted by atomic mass is 10.1. The molecule has 9 nitrogen and oxygen atoms in total. The van der Waals surface area contributed by atoms with Gasteiger partial charge in [-0.2, -0.15) is 4.72 Å². The van der Waals surface area contributed by atoms with Gasteiger partial charge in [-0.15, -0.1) is 0 Å². The summed E-state index contributed by atoms with van der Waals surface area (Å²) in [5, 5.41) is 19.9. The highest BCUT2D eigenvalue weighted by Gasteiger charge is 2.28. The molecular weight excluding hydrogens is 424 g/mol. The minimum atomic E-state index is -4.09. The lowest BCUT2D eigenvalue weighted by Gasteiger charge is -2.19. The molecule has 0 aliphatic heterocycles. The number of anilines is 1. The second-order valence-electron chi connectivity index (χ2n) is 7.52. The number of carboxylic acid groups (broad SMARTS) is 1. The molecule has 0 aliphatic rings. The van der Waals surface area contributed by atoms with Crippen molar-refractivity contribution in [2.75, 3.05) is 18.1 Å². The van der Waals surface area contributed by atoms with Crippen molar-refractivity contribution in [2.24, 2.45) is 5.92 Å². The van der Waals surface area contributed by atoms with Gasteiger partial charge in [-0.3, -0.25) is 9.59 Å². The average molecular weight is 448 g/mol. The molecule has 0 saturated heterocycles. The first-order chi connectivity index (χ1) is 14.5. The van der Waals surface area contributed by atoms with E-state index in [0.29, 0.717) is 22.2 Å². The molecule has 0 unspecified atom stereocenters. The van der Waals surface area contributed by atoms with Gasteiger partial charge in [-0.1, -0.05) is 13.8 Å². The minimum Gasteiger partial charge on any atom is -0.480 e. The molecule has 1 heterocycles. The van der Waals surface area contributed by atoms with Crippen molar-refractivity contribution in [3.63, 3.8) is 0 Å². The topological polar surface area (TPSA) is 137 Å². The zero-order chi connectivity index (χ0) is 22.9. The van der Waals surface area contributed by atoms with Crippen LogP contribution >= 0.6 is 0 Å². The highest BCUT2D eigenvalue weighted by Crippen LogP contribution is 2.33. The van der Waals surface area contributed by atoms with E-state index in [1.54, 1.807) is 38.1 Å². The number of rotatable bonds is 8. The van der Waals surface area contributed by atoms with Crippen LogP contribution < -0.4 is 9.62 Å². The second kappa shape index (κ2) is 8.66. The van der Waals surface area contributed by atoms with E-state index in [1.807, 2.05) is 0 Å². The highest BCUT2D eigenvalue weighted by atomic mass is 32.2. The van der Waals surface area contributed by atoms with Crippen molar-refractivity contribution in [1.29, 1.82) is 0 Å². The fraction of sp³-hybridized carbons (Fsp3) is 0.333. The predicted octanol–water partition coefficient (Wildman–Crippen LogP) is 2.32. The van der Waals surface area contributed by atoms with Crippen molar-refractivity contribution < 1.29 is 32.6 Å². The van der Waals surface area contributed by atoms with Crippen LogP contribution in [0.4, 0.5) is 5.69 Å². The maximum Gasteiger partial charge on any atom is 0.322 e. The van der Waals surface area contributed by atoms with Crippen LogP contribution in [0.2, 0.25) is 0 Å². The molecule has 0 spiro atoms. The number of benzene rings is 2. The van der Waals surface area contributed by atoms with Crippen molar-refractivity contribution in [1.82, 2.24) is 4.72 Å². The molecule has 31 heavy (non-hydrogen) atoms. The van der Waals surface area contributed by atoms with E-state index in [4.69, 9.17) is 4.42 Å². The number of carboxylic acids is 1. The lowest BCUT2D eigenvalue weighted by molar-refractivity contribution is -0.140. The van der Waals surface area contributed by atoms with E-state index < -0.39 is 28.0 Å². The van der Waals surface area contributed by atoms with Gasteiger partial charge in [-0.05, 0) is 30.2 Å². The largest absolute Gasteiger partial charge is 0.480 e. The average Bonchev–Trinajstić information content (AvgIpc) is 3.06. The second-order valence-corrected chi connectivity index (χ2v) is 9.23. The monoisotopic (exact) mass is 448 g/mol. The smallest absolute Gasteiger partial charge is 0.322 e. The predicted molar refractivity (Wildman–Crippen MR) is 115 cm³/mol. The Hall–Kier alpha value is -2.95. The van der Waals surface area contributed by atoms with Crippen molar-refractivity contribution >= 4 is 49.5 Å². The molecule has 3 rings (SSSR count). The van der Waals surface area contributed by atoms with Crippen LogP contribution in [0.1, 0.15) is 20.8 Å². The number of amides is 1. The summed E-state index contributed by atoms with van der Waals surface area (Å²) in [5.74, 6) is -1.93. The first-order valence-electron chi connectivity index (χ1n) is 9.65. The van der Waals surface area contributed by atoms with E-state index in [9.17, 15) is 28.2 Å². The fourth-order valence-corrected chi connectivity index (χ4v) is 4.71. The highest BCUT2D eigenvalue weighted by molar-refractivity contribution is 7.89. The zero-order valence-electron chi connectivity index (χ0n) is 17.3. The number of fused-ring (bicyclic) bond motifs is 3. The molecule has 0 fully saturated rings. The molecular formula is C21H24N2O7S. The fourth-order valence-electron chi connectivity index (χ4n) is 3.36. The van der Waals surface area contributed by atoms with E-state index in [2.05, 4.69) is 4.72 Å². The Labute approximate surface area is 179 Å². The van der Waals surface area contributed by atoms with Crippen molar-refractivity contribution in [3.8, 4) is 0 Å². The summed E-state index contributed by atoms with van der Waals surface area (Å²) in [6.07, 6.45) is 0. The summed E-state index contributed by atoms with van der Waals surface area (Å²) in [6.45, 7) is 4.56. The molecule has 2 aromatic carbocycles. The van der Waals surface area contributed by atoms with Crippen LogP contribution in [0.5, 0.6) is 0 Å². The first-order valence-corrected chi connectivity index (χ1v) is 11.1. The maximum atomic E-state index is 12.7. The number of nitrogens with zero attached hydrogens (tertiary/aromatic N) is 1. The molecule has 3 N–H and O–H groups in total. The van der Waals surface area contributed by atoms with Crippen LogP contribution in [0.15, 0.2) is 45.7 Å². The van der Waals surface area contributed by atoms with Crippen LogP contribution in [0.25, 0.3) is 21.9 Å². The molecule has 0 radical (unpaired) electrons. The third-order valence-electron chi connectivity index (χ3n) is 4.97. The lowest BCUT2D eigenvalue weighted by Crippen LogP contribution is -2.44. The number of aliphatic carboxylic acids is 1. The number of carbonyl (C=O) groups is 2. The number of aliphatic hydroxyl groups is 1. The molecule has 166 valence electrons. The van der Waals surface area contributed by atoms with Gasteiger partial charge in [0.15, 0.2) is 0 Å². The first kappa shape index (κ1) is 22.7. The number of furan rings is 1. The molecule has 0 bridgehead atoms. The molecule has 10 heteroatoms. The van der Waals surface area contributed by atoms with Gasteiger partial charge in [0.05, 0.1) is 11.5 Å². The van der Waals surface area contributed by atoms with Gasteiger partial charge < -0.3 is 19.5 Å². The van der Waals surface area contributed by atoms with E-state index in [-0.39, 0.29) is 24.0 Å². The number of hydrogen-bond acceptors (Lipinski definition) is 6. The van der Waals surface area contributed by atoms with E-state index in [1.165, 1.54) is 24.0 Å². The van der Waals surface area contributed by atoms with Crippen LogP contribution in [0.3, 0.4) is 0 Å². The number of hydrogen-bond donors (Lipinski definition) is 3. The van der Waals surface area contributed by atoms with Gasteiger partial charge in [0, 0.05) is 42.1 Å². The molecule has 1 atom stereocenters. The maximum absolute atomic E-state index is 12.7. The Morgan fingerprint density at radius 3 is 2.26 bits per heavy atom. The van der Waals surface area contributed by atoms with Crippen LogP contribution in [0, 0.1) is 5.92 Å². The SMILES string of the molecule is CC(=O)N(CCO)c1ccc2c(c1)oc1cc(S(=O)(=O)N[C@H](C(=O)O)C(C)C)ccc12. The molecule has 3 aromatic rings. The molecule has 0 aliphatic carbocycles. The van der Waals surface area contributed by atoms with Gasteiger partial charge >= 0.3 is 5.97 Å². The van der Waals surface area contributed by atoms with Crippen LogP contribution in [-0.4, -0.2) is 49.7 Å². The normalized spacial score (nSPS) is 13.1. The van der Waals surface area contributed by atoms with Crippen LogP contribution in [-0.2, 0) is 19.6 Å². The Balaban J connectivity index is 2.03. The van der Waals surface area contributed by atoms with E-state index in [0.717, 1.165) is 5.39 Å². The molecule has 1 amide bonds. The summed E-state index contributed by atoms with van der Waals surface area (Å²) in [6, 6.07) is 8.20. The number of aliphatic hydroxyl groups excluding tert-OH is 1. The standard InChI is InChI=1S/C21H24N2O7S/c1-12(2)20(21(26)27)22-31(28,29)15-5-7-17-16-6-4-14(23(8-9-24)13(3)25)10-18(16)30-19(17)11-15/h4-7,10-12,20,22,24H,8-9H2,1-3H3,(H,26,27)/t20-/m0/s1. The third kappa shape index (κ3) is 4.55. The summed E-state index contributed by atoms with van der Waals surface area (Å²) in [4.78, 5) is 24.5. The Morgan fingerprint density at radius 2 is 1.71 bits per heavy atom. The minimum absolute atomic E-state index is 0.114. The Kier molecular flexibility index (Phi) is 6.35. The number of sulfonamides is 1. The van der Waals surface area contributed by atoms with Crippen molar-refractivity contribution in [2.45, 2.75) is 31.7 Å². The Bertz CT molecular complexity index is 1250. The molecule has 0 saturated carbocycles. The quantitative estimate of drug-likeness (QED) is 0.481. The summed E-state index contributed by atoms with van der Waals surface area (Å²) >= 11 is 0. The number of carbonyl (C=O) groups excluding carboxylic acids is 1. The van der Waals surface area contributed by atoms with E-state index >= 15 is 0 Å². The van der Waals surface area contributed by atoms with Crippen molar-refractivity contribution in [3.05, 3.63) is 36.4 Å². The summed E-state index contributed by atoms with van der Waals surface area (Å²) < 4.78 is 33.5.